The first-order valence-electron chi connectivity index (χ1n) is 6.90. The van der Waals surface area contributed by atoms with Gasteiger partial charge in [-0.1, -0.05) is 18.2 Å². The fourth-order valence-electron chi connectivity index (χ4n) is 2.08. The van der Waals surface area contributed by atoms with Gasteiger partial charge in [0, 0.05) is 36.1 Å². The molecule has 0 atom stereocenters. The van der Waals surface area contributed by atoms with Crippen molar-refractivity contribution in [2.75, 3.05) is 11.9 Å². The number of hydrogen-bond donors (Lipinski definition) is 0. The molecule has 0 fully saturated rings. The Bertz CT molecular complexity index is 756. The predicted octanol–water partition coefficient (Wildman–Crippen LogP) is 3.41. The van der Waals surface area contributed by atoms with Crippen molar-refractivity contribution in [1.29, 1.82) is 0 Å². The highest BCUT2D eigenvalue weighted by Crippen LogP contribution is 2.23. The van der Waals surface area contributed by atoms with Crippen LogP contribution in [0.4, 0.5) is 5.69 Å². The summed E-state index contributed by atoms with van der Waals surface area (Å²) < 4.78 is 0. The van der Waals surface area contributed by atoms with Gasteiger partial charge < -0.3 is 4.90 Å². The molecular weight excluding hydrogens is 294 g/mol. The van der Waals surface area contributed by atoms with Gasteiger partial charge >= 0.3 is 0 Å². The van der Waals surface area contributed by atoms with E-state index in [4.69, 9.17) is 0 Å². The van der Waals surface area contributed by atoms with Crippen LogP contribution in [0, 0.1) is 0 Å². The quantitative estimate of drug-likeness (QED) is 0.742. The largest absolute Gasteiger partial charge is 0.315 e. The van der Waals surface area contributed by atoms with Crippen LogP contribution >= 0.6 is 11.3 Å². The van der Waals surface area contributed by atoms with E-state index in [-0.39, 0.29) is 5.91 Å². The number of likely N-dealkylation sites (N-methyl/N-ethyl adjacent to an activating group) is 1. The Hall–Kier alpha value is -2.53. The van der Waals surface area contributed by atoms with Crippen molar-refractivity contribution in [3.8, 4) is 10.6 Å². The normalized spacial score (nSPS) is 10.4. The first kappa shape index (κ1) is 14.4. The highest BCUT2D eigenvalue weighted by Gasteiger charge is 2.14. The summed E-state index contributed by atoms with van der Waals surface area (Å²) in [4.78, 5) is 22.6. The Balaban J connectivity index is 1.71. The Morgan fingerprint density at radius 1 is 1.18 bits per heavy atom. The molecule has 4 nitrogen and oxygen atoms in total. The Morgan fingerprint density at radius 2 is 2.00 bits per heavy atom. The Kier molecular flexibility index (Phi) is 4.25. The maximum atomic E-state index is 12.3. The van der Waals surface area contributed by atoms with Crippen molar-refractivity contribution < 1.29 is 4.79 Å². The SMILES string of the molecule is CN(C(=O)Cc1csc(-c2cccnc2)n1)c1ccccc1. The summed E-state index contributed by atoms with van der Waals surface area (Å²) >= 11 is 1.53. The van der Waals surface area contributed by atoms with Crippen LogP contribution in [0.15, 0.2) is 60.2 Å². The molecule has 0 aliphatic heterocycles. The van der Waals surface area contributed by atoms with Crippen molar-refractivity contribution in [2.45, 2.75) is 6.42 Å². The first-order chi connectivity index (χ1) is 10.7. The van der Waals surface area contributed by atoms with Crippen LogP contribution < -0.4 is 4.90 Å². The predicted molar refractivity (Wildman–Crippen MR) is 88.9 cm³/mol. The maximum absolute atomic E-state index is 12.3. The summed E-state index contributed by atoms with van der Waals surface area (Å²) in [5.41, 5.74) is 2.65. The number of carbonyl (C=O) groups excluding carboxylic acids is 1. The van der Waals surface area contributed by atoms with Crippen molar-refractivity contribution in [3.63, 3.8) is 0 Å². The third kappa shape index (κ3) is 3.20. The molecule has 0 saturated carbocycles. The van der Waals surface area contributed by atoms with Crippen LogP contribution in [0.3, 0.4) is 0 Å². The minimum Gasteiger partial charge on any atom is -0.315 e. The van der Waals surface area contributed by atoms with Gasteiger partial charge in [-0.15, -0.1) is 11.3 Å². The molecule has 0 aliphatic rings. The number of pyridine rings is 1. The van der Waals surface area contributed by atoms with E-state index in [0.29, 0.717) is 6.42 Å². The number of aromatic nitrogens is 2. The highest BCUT2D eigenvalue weighted by molar-refractivity contribution is 7.13. The van der Waals surface area contributed by atoms with E-state index in [0.717, 1.165) is 22.0 Å². The van der Waals surface area contributed by atoms with Crippen LogP contribution in [0.5, 0.6) is 0 Å². The summed E-state index contributed by atoms with van der Waals surface area (Å²) in [6.45, 7) is 0. The molecule has 0 saturated heterocycles. The van der Waals surface area contributed by atoms with Crippen molar-refractivity contribution in [1.82, 2.24) is 9.97 Å². The van der Waals surface area contributed by atoms with Gasteiger partial charge in [-0.25, -0.2) is 4.98 Å². The standard InChI is InChI=1S/C17H15N3OS/c1-20(15-7-3-2-4-8-15)16(21)10-14-12-22-17(19-14)13-6-5-9-18-11-13/h2-9,11-12H,10H2,1H3. The maximum Gasteiger partial charge on any atom is 0.232 e. The summed E-state index contributed by atoms with van der Waals surface area (Å²) in [7, 11) is 1.78. The molecule has 0 bridgehead atoms. The number of nitrogens with zero attached hydrogens (tertiary/aromatic N) is 3. The number of benzene rings is 1. The van der Waals surface area contributed by atoms with E-state index in [1.54, 1.807) is 24.3 Å². The number of amides is 1. The number of rotatable bonds is 4. The molecule has 1 amide bonds. The molecule has 2 aromatic heterocycles. The summed E-state index contributed by atoms with van der Waals surface area (Å²) in [5, 5.41) is 2.82. The van der Waals surface area contributed by atoms with Gasteiger partial charge in [-0.05, 0) is 24.3 Å². The smallest absolute Gasteiger partial charge is 0.232 e. The fraction of sp³-hybridized carbons (Fsp3) is 0.118. The molecule has 5 heteroatoms. The van der Waals surface area contributed by atoms with Crippen LogP contribution in [0.1, 0.15) is 5.69 Å². The molecule has 0 unspecified atom stereocenters. The second kappa shape index (κ2) is 6.49. The van der Waals surface area contributed by atoms with Crippen LogP contribution in [-0.2, 0) is 11.2 Å². The molecular formula is C17H15N3OS. The fourth-order valence-corrected chi connectivity index (χ4v) is 2.89. The third-order valence-corrected chi connectivity index (χ3v) is 4.25. The molecule has 0 N–H and O–H groups in total. The van der Waals surface area contributed by atoms with E-state index in [1.807, 2.05) is 47.8 Å². The molecule has 0 aliphatic carbocycles. The topological polar surface area (TPSA) is 46.1 Å². The lowest BCUT2D eigenvalue weighted by Gasteiger charge is -2.16. The number of anilines is 1. The first-order valence-corrected chi connectivity index (χ1v) is 7.78. The van der Waals surface area contributed by atoms with Crippen molar-refractivity contribution in [2.24, 2.45) is 0 Å². The van der Waals surface area contributed by atoms with Crippen LogP contribution in [0.25, 0.3) is 10.6 Å². The molecule has 110 valence electrons. The van der Waals surface area contributed by atoms with Gasteiger partial charge in [0.1, 0.15) is 5.01 Å². The molecule has 22 heavy (non-hydrogen) atoms. The number of hydrogen-bond acceptors (Lipinski definition) is 4. The van der Waals surface area contributed by atoms with Crippen molar-refractivity contribution in [3.05, 3.63) is 65.9 Å². The van der Waals surface area contributed by atoms with Crippen LogP contribution in [-0.4, -0.2) is 22.9 Å². The zero-order valence-corrected chi connectivity index (χ0v) is 13.0. The second-order valence-electron chi connectivity index (χ2n) is 4.85. The van der Waals surface area contributed by atoms with Gasteiger partial charge in [0.15, 0.2) is 0 Å². The Morgan fingerprint density at radius 3 is 2.73 bits per heavy atom. The third-order valence-electron chi connectivity index (χ3n) is 3.31. The second-order valence-corrected chi connectivity index (χ2v) is 5.71. The minimum atomic E-state index is 0.0224. The van der Waals surface area contributed by atoms with Gasteiger partial charge in [-0.2, -0.15) is 0 Å². The summed E-state index contributed by atoms with van der Waals surface area (Å²) in [5.74, 6) is 0.0224. The number of para-hydroxylation sites is 1. The minimum absolute atomic E-state index is 0.0224. The lowest BCUT2D eigenvalue weighted by molar-refractivity contribution is -0.117. The highest BCUT2D eigenvalue weighted by atomic mass is 32.1. The van der Waals surface area contributed by atoms with Gasteiger partial charge in [0.2, 0.25) is 5.91 Å². The van der Waals surface area contributed by atoms with Crippen molar-refractivity contribution >= 4 is 22.9 Å². The van der Waals surface area contributed by atoms with E-state index in [2.05, 4.69) is 9.97 Å². The lowest BCUT2D eigenvalue weighted by atomic mass is 10.2. The van der Waals surface area contributed by atoms with Gasteiger partial charge in [0.05, 0.1) is 12.1 Å². The van der Waals surface area contributed by atoms with Gasteiger partial charge in [0.25, 0.3) is 0 Å². The molecule has 3 rings (SSSR count). The van der Waals surface area contributed by atoms with E-state index in [1.165, 1.54) is 11.3 Å². The Labute approximate surface area is 133 Å². The molecule has 0 spiro atoms. The molecule has 0 radical (unpaired) electrons. The number of carbonyl (C=O) groups is 1. The van der Waals surface area contributed by atoms with E-state index >= 15 is 0 Å². The van der Waals surface area contributed by atoms with Crippen LogP contribution in [0.2, 0.25) is 0 Å². The summed E-state index contributed by atoms with van der Waals surface area (Å²) in [6.07, 6.45) is 3.80. The zero-order chi connectivity index (χ0) is 15.4. The monoisotopic (exact) mass is 309 g/mol. The van der Waals surface area contributed by atoms with E-state index in [9.17, 15) is 4.79 Å². The summed E-state index contributed by atoms with van der Waals surface area (Å²) in [6, 6.07) is 13.5. The molecule has 3 aromatic rings. The van der Waals surface area contributed by atoms with E-state index < -0.39 is 0 Å². The average Bonchev–Trinajstić information content (AvgIpc) is 3.04. The number of thiazole rings is 1. The molecule has 1 aromatic carbocycles. The molecule has 2 heterocycles. The van der Waals surface area contributed by atoms with Gasteiger partial charge in [-0.3, -0.25) is 9.78 Å². The zero-order valence-electron chi connectivity index (χ0n) is 12.1. The average molecular weight is 309 g/mol. The lowest BCUT2D eigenvalue weighted by Crippen LogP contribution is -2.27.